The van der Waals surface area contributed by atoms with Gasteiger partial charge in [-0.3, -0.25) is 18.4 Å². The van der Waals surface area contributed by atoms with E-state index in [-0.39, 0.29) is 24.7 Å². The molecule has 4 aromatic rings. The van der Waals surface area contributed by atoms with Gasteiger partial charge in [0.2, 0.25) is 0 Å². The summed E-state index contributed by atoms with van der Waals surface area (Å²) >= 11 is 2.06. The number of anilines is 1. The first kappa shape index (κ1) is 33.7. The molecule has 0 N–H and O–H groups in total. The summed E-state index contributed by atoms with van der Waals surface area (Å²) in [5, 5.41) is 0.794. The molecule has 1 fully saturated rings. The molecule has 45 heavy (non-hydrogen) atoms. The van der Waals surface area contributed by atoms with Crippen molar-refractivity contribution in [1.29, 1.82) is 0 Å². The molecule has 10 nitrogen and oxygen atoms in total. The van der Waals surface area contributed by atoms with Crippen molar-refractivity contribution in [2.24, 2.45) is 0 Å². The van der Waals surface area contributed by atoms with Gasteiger partial charge in [0.1, 0.15) is 18.2 Å². The SMILES string of the molecule is CC(C)(C)OP(=O)(OCn1cc(-c2ccn(Cc3cc(F)cc(I)c3)c(=O)c2)c2cc(N3CCOCC3)cnc21)OC(C)(C)C. The van der Waals surface area contributed by atoms with Crippen molar-refractivity contribution >= 4 is 47.1 Å². The molecule has 0 unspecified atom stereocenters. The summed E-state index contributed by atoms with van der Waals surface area (Å²) < 4.78 is 54.8. The maximum Gasteiger partial charge on any atom is 0.477 e. The third kappa shape index (κ3) is 8.81. The third-order valence-corrected chi connectivity index (χ3v) is 9.38. The number of pyridine rings is 2. The van der Waals surface area contributed by atoms with Crippen LogP contribution in [0.1, 0.15) is 47.1 Å². The van der Waals surface area contributed by atoms with Gasteiger partial charge in [-0.2, -0.15) is 0 Å². The second kappa shape index (κ2) is 13.2. The summed E-state index contributed by atoms with van der Waals surface area (Å²) in [5.74, 6) is -0.342. The molecule has 0 atom stereocenters. The molecule has 0 bridgehead atoms. The standard InChI is InChI=1S/C32H39FIN4O6P/c1-31(2,3)43-45(40,44-32(4,5)6)42-21-38-20-28(27-17-26(18-35-30(27)38)36-9-11-41-12-10-36)23-7-8-37(29(39)15-23)19-22-13-24(33)16-25(34)14-22/h7-8,13-18,20H,9-12,19,21H2,1-6H3. The van der Waals surface area contributed by atoms with Crippen LogP contribution >= 0.6 is 30.4 Å². The van der Waals surface area contributed by atoms with E-state index < -0.39 is 19.0 Å². The number of benzene rings is 1. The Morgan fingerprint density at radius 2 is 1.69 bits per heavy atom. The molecule has 13 heteroatoms. The lowest BCUT2D eigenvalue weighted by Gasteiger charge is -2.31. The highest BCUT2D eigenvalue weighted by Crippen LogP contribution is 2.55. The summed E-state index contributed by atoms with van der Waals surface area (Å²) in [7, 11) is -4.01. The maximum atomic E-state index is 14.0. The summed E-state index contributed by atoms with van der Waals surface area (Å²) in [6, 6.07) is 10.2. The van der Waals surface area contributed by atoms with Crippen LogP contribution in [0.3, 0.4) is 0 Å². The molecule has 3 aromatic heterocycles. The predicted octanol–water partition coefficient (Wildman–Crippen LogP) is 7.21. The van der Waals surface area contributed by atoms with E-state index in [1.165, 1.54) is 16.7 Å². The van der Waals surface area contributed by atoms with E-state index in [4.69, 9.17) is 23.3 Å². The summed E-state index contributed by atoms with van der Waals surface area (Å²) in [5.41, 5.74) is 1.83. The van der Waals surface area contributed by atoms with E-state index in [1.807, 2.05) is 24.4 Å². The van der Waals surface area contributed by atoms with Crippen LogP contribution in [0.25, 0.3) is 22.2 Å². The number of rotatable bonds is 9. The second-order valence-electron chi connectivity index (χ2n) is 12.9. The van der Waals surface area contributed by atoms with Gasteiger partial charge >= 0.3 is 7.82 Å². The first-order chi connectivity index (χ1) is 21.1. The van der Waals surface area contributed by atoms with Crippen LogP contribution in [0, 0.1) is 9.39 Å². The predicted molar refractivity (Wildman–Crippen MR) is 181 cm³/mol. The molecule has 4 heterocycles. The van der Waals surface area contributed by atoms with Crippen molar-refractivity contribution in [3.8, 4) is 11.1 Å². The number of morpholine rings is 1. The minimum absolute atomic E-state index is 0.168. The largest absolute Gasteiger partial charge is 0.477 e. The Hall–Kier alpha value is -2.61. The van der Waals surface area contributed by atoms with Gasteiger partial charge in [0.05, 0.1) is 42.8 Å². The molecular weight excluding hydrogens is 713 g/mol. The van der Waals surface area contributed by atoms with Crippen molar-refractivity contribution in [3.05, 3.63) is 80.3 Å². The minimum atomic E-state index is -4.01. The summed E-state index contributed by atoms with van der Waals surface area (Å²) in [6.07, 6.45) is 5.33. The van der Waals surface area contributed by atoms with Crippen LogP contribution in [0.4, 0.5) is 10.1 Å². The fraction of sp³-hybridized carbons (Fsp3) is 0.438. The Balaban J connectivity index is 1.52. The maximum absolute atomic E-state index is 14.0. The van der Waals surface area contributed by atoms with Gasteiger partial charge in [-0.1, -0.05) is 0 Å². The monoisotopic (exact) mass is 752 g/mol. The Kier molecular flexibility index (Phi) is 9.93. The van der Waals surface area contributed by atoms with Gasteiger partial charge in [-0.05, 0) is 106 Å². The lowest BCUT2D eigenvalue weighted by Crippen LogP contribution is -2.36. The van der Waals surface area contributed by atoms with Crippen LogP contribution in [-0.2, 0) is 36.1 Å². The van der Waals surface area contributed by atoms with Gasteiger partial charge in [0.15, 0.2) is 0 Å². The highest BCUT2D eigenvalue weighted by atomic mass is 127. The van der Waals surface area contributed by atoms with Crippen molar-refractivity contribution < 1.29 is 27.3 Å². The first-order valence-corrected chi connectivity index (χ1v) is 17.2. The fourth-order valence-electron chi connectivity index (χ4n) is 5.06. The second-order valence-corrected chi connectivity index (χ2v) is 15.7. The van der Waals surface area contributed by atoms with Crippen LogP contribution in [0.2, 0.25) is 0 Å². The number of phosphoric ester groups is 1. The van der Waals surface area contributed by atoms with E-state index in [0.29, 0.717) is 30.0 Å². The molecular formula is C32H39FIN4O6P. The minimum Gasteiger partial charge on any atom is -0.378 e. The van der Waals surface area contributed by atoms with E-state index in [2.05, 4.69) is 27.5 Å². The van der Waals surface area contributed by atoms with Crippen molar-refractivity contribution in [1.82, 2.24) is 14.1 Å². The number of aromatic nitrogens is 3. The number of hydrogen-bond acceptors (Lipinski definition) is 8. The normalized spacial score (nSPS) is 14.8. The van der Waals surface area contributed by atoms with Crippen molar-refractivity contribution in [2.75, 3.05) is 31.2 Å². The van der Waals surface area contributed by atoms with Crippen LogP contribution in [0.5, 0.6) is 0 Å². The Morgan fingerprint density at radius 1 is 1.00 bits per heavy atom. The number of ether oxygens (including phenoxy) is 1. The number of fused-ring (bicyclic) bond motifs is 1. The topological polar surface area (TPSA) is 97.1 Å². The number of hydrogen-bond donors (Lipinski definition) is 0. The Morgan fingerprint density at radius 3 is 2.31 bits per heavy atom. The molecule has 5 rings (SSSR count). The highest BCUT2D eigenvalue weighted by molar-refractivity contribution is 14.1. The number of halogens is 2. The van der Waals surface area contributed by atoms with Gasteiger partial charge in [-0.15, -0.1) is 0 Å². The third-order valence-electron chi connectivity index (χ3n) is 6.78. The van der Waals surface area contributed by atoms with Crippen LogP contribution in [-0.4, -0.2) is 51.6 Å². The smallest absolute Gasteiger partial charge is 0.378 e. The summed E-state index contributed by atoms with van der Waals surface area (Å²) in [6.45, 7) is 13.5. The van der Waals surface area contributed by atoms with E-state index >= 15 is 0 Å². The van der Waals surface area contributed by atoms with Gasteiger partial charge in [-0.25, -0.2) is 13.9 Å². The molecule has 0 saturated carbocycles. The number of phosphoric acid groups is 1. The van der Waals surface area contributed by atoms with Gasteiger partial charge in [0.25, 0.3) is 5.56 Å². The van der Waals surface area contributed by atoms with Crippen LogP contribution in [0.15, 0.2) is 59.8 Å². The molecule has 0 radical (unpaired) electrons. The number of nitrogens with zero attached hydrogens (tertiary/aromatic N) is 4. The molecule has 1 aromatic carbocycles. The lowest BCUT2D eigenvalue weighted by atomic mass is 10.1. The molecule has 242 valence electrons. The quantitative estimate of drug-likeness (QED) is 0.131. The zero-order valence-corrected chi connectivity index (χ0v) is 29.4. The molecule has 1 aliphatic heterocycles. The van der Waals surface area contributed by atoms with E-state index in [9.17, 15) is 13.8 Å². The van der Waals surface area contributed by atoms with Gasteiger partial charge in [0, 0.05) is 46.1 Å². The summed E-state index contributed by atoms with van der Waals surface area (Å²) in [4.78, 5) is 20.3. The molecule has 0 amide bonds. The Bertz CT molecular complexity index is 1750. The van der Waals surface area contributed by atoms with Crippen molar-refractivity contribution in [3.63, 3.8) is 0 Å². The zero-order valence-electron chi connectivity index (χ0n) is 26.4. The first-order valence-electron chi connectivity index (χ1n) is 14.7. The van der Waals surface area contributed by atoms with Crippen molar-refractivity contribution in [2.45, 2.75) is 66.0 Å². The average molecular weight is 753 g/mol. The zero-order chi connectivity index (χ0) is 32.6. The molecule has 1 aliphatic rings. The fourth-order valence-corrected chi connectivity index (χ4v) is 7.51. The molecule has 0 aliphatic carbocycles. The van der Waals surface area contributed by atoms with Gasteiger partial charge < -0.3 is 18.8 Å². The Labute approximate surface area is 276 Å². The van der Waals surface area contributed by atoms with E-state index in [0.717, 1.165) is 33.3 Å². The molecule has 0 spiro atoms. The van der Waals surface area contributed by atoms with E-state index in [1.54, 1.807) is 64.6 Å². The van der Waals surface area contributed by atoms with Crippen LogP contribution < -0.4 is 10.5 Å². The average Bonchev–Trinajstić information content (AvgIpc) is 3.29. The highest BCUT2D eigenvalue weighted by Gasteiger charge is 2.37. The molecule has 1 saturated heterocycles. The lowest BCUT2D eigenvalue weighted by molar-refractivity contribution is -0.00567.